The molecule has 29 heavy (non-hydrogen) atoms. The maximum atomic E-state index is 13.5. The van der Waals surface area contributed by atoms with Crippen LogP contribution in [0.3, 0.4) is 0 Å². The van der Waals surface area contributed by atoms with Crippen molar-refractivity contribution >= 4 is 22.7 Å². The van der Waals surface area contributed by atoms with Crippen molar-refractivity contribution in [1.29, 1.82) is 0 Å². The Morgan fingerprint density at radius 3 is 2.93 bits per heavy atom. The number of nitrogens with one attached hydrogen (secondary N) is 3. The minimum atomic E-state index is -0.312. The number of carbonyl (C=O) groups is 2. The highest BCUT2D eigenvalue weighted by Crippen LogP contribution is 2.19. The van der Waals surface area contributed by atoms with E-state index in [9.17, 15) is 14.0 Å². The molecule has 2 amide bonds. The van der Waals surface area contributed by atoms with E-state index in [1.165, 1.54) is 12.1 Å². The van der Waals surface area contributed by atoms with Crippen LogP contribution in [0.1, 0.15) is 28.5 Å². The van der Waals surface area contributed by atoms with Gasteiger partial charge >= 0.3 is 0 Å². The Morgan fingerprint density at radius 1 is 1.21 bits per heavy atom. The van der Waals surface area contributed by atoms with Gasteiger partial charge in [-0.2, -0.15) is 5.10 Å². The highest BCUT2D eigenvalue weighted by molar-refractivity contribution is 6.04. The number of H-pyrrole nitrogens is 1. The Kier molecular flexibility index (Phi) is 5.53. The standard InChI is InChI=1S/C21H22FN5O2/c22-15-5-3-4-14(12-15)18-13-27(11-10-23-18)19(28)8-9-24-21(29)20-16-6-1-2-7-17(16)25-26-20/h1-7,12,18,23H,8-11,13H2,(H,24,29)(H,25,26). The number of aromatic nitrogens is 2. The van der Waals surface area contributed by atoms with Gasteiger partial charge in [-0.1, -0.05) is 30.3 Å². The fourth-order valence-electron chi connectivity index (χ4n) is 3.58. The number of hydrogen-bond donors (Lipinski definition) is 3. The van der Waals surface area contributed by atoms with Gasteiger partial charge in [0.05, 0.1) is 11.6 Å². The van der Waals surface area contributed by atoms with Crippen LogP contribution in [0.2, 0.25) is 0 Å². The molecule has 0 saturated carbocycles. The van der Waals surface area contributed by atoms with E-state index >= 15 is 0 Å². The molecule has 8 heteroatoms. The molecule has 150 valence electrons. The van der Waals surface area contributed by atoms with E-state index in [-0.39, 0.29) is 36.6 Å². The predicted octanol–water partition coefficient (Wildman–Crippen LogP) is 1.99. The van der Waals surface area contributed by atoms with E-state index < -0.39 is 0 Å². The van der Waals surface area contributed by atoms with Gasteiger partial charge in [0.25, 0.3) is 5.91 Å². The van der Waals surface area contributed by atoms with Gasteiger partial charge in [0.1, 0.15) is 5.82 Å². The molecule has 2 aromatic carbocycles. The molecule has 7 nitrogen and oxygen atoms in total. The number of nitrogens with zero attached hydrogens (tertiary/aromatic N) is 2. The monoisotopic (exact) mass is 395 g/mol. The number of carbonyl (C=O) groups excluding carboxylic acids is 2. The summed E-state index contributed by atoms with van der Waals surface area (Å²) < 4.78 is 13.5. The third-order valence-electron chi connectivity index (χ3n) is 5.09. The van der Waals surface area contributed by atoms with E-state index in [0.29, 0.717) is 25.3 Å². The Hall–Kier alpha value is -3.26. The smallest absolute Gasteiger partial charge is 0.272 e. The summed E-state index contributed by atoms with van der Waals surface area (Å²) in [7, 11) is 0. The summed E-state index contributed by atoms with van der Waals surface area (Å²) in [6.45, 7) is 1.93. The largest absolute Gasteiger partial charge is 0.350 e. The molecule has 1 saturated heterocycles. The van der Waals surface area contributed by atoms with Crippen molar-refractivity contribution in [3.8, 4) is 0 Å². The summed E-state index contributed by atoms with van der Waals surface area (Å²) in [5, 5.41) is 13.7. The van der Waals surface area contributed by atoms with Crippen LogP contribution in [0.25, 0.3) is 10.9 Å². The lowest BCUT2D eigenvalue weighted by atomic mass is 10.0. The molecule has 1 unspecified atom stereocenters. The van der Waals surface area contributed by atoms with Crippen LogP contribution in [0.5, 0.6) is 0 Å². The molecule has 0 aliphatic carbocycles. The second-order valence-electron chi connectivity index (χ2n) is 7.03. The zero-order valence-electron chi connectivity index (χ0n) is 15.8. The van der Waals surface area contributed by atoms with Crippen molar-refractivity contribution in [2.75, 3.05) is 26.2 Å². The van der Waals surface area contributed by atoms with Gasteiger partial charge in [-0.3, -0.25) is 14.7 Å². The first kappa shape index (κ1) is 19.1. The molecule has 0 radical (unpaired) electrons. The highest BCUT2D eigenvalue weighted by Gasteiger charge is 2.24. The molecule has 1 aliphatic rings. The van der Waals surface area contributed by atoms with Gasteiger partial charge in [-0.05, 0) is 23.8 Å². The lowest BCUT2D eigenvalue weighted by Crippen LogP contribution is -2.48. The van der Waals surface area contributed by atoms with E-state index in [0.717, 1.165) is 16.5 Å². The molecule has 1 fully saturated rings. The Bertz CT molecular complexity index is 1030. The van der Waals surface area contributed by atoms with Crippen molar-refractivity contribution in [2.45, 2.75) is 12.5 Å². The number of benzene rings is 2. The molecular weight excluding hydrogens is 373 g/mol. The summed E-state index contributed by atoms with van der Waals surface area (Å²) in [5.41, 5.74) is 1.93. The van der Waals surface area contributed by atoms with Gasteiger partial charge in [-0.15, -0.1) is 0 Å². The van der Waals surface area contributed by atoms with Crippen molar-refractivity contribution in [1.82, 2.24) is 25.7 Å². The number of piperazine rings is 1. The minimum absolute atomic E-state index is 0.0416. The summed E-state index contributed by atoms with van der Waals surface area (Å²) in [5.74, 6) is -0.644. The second kappa shape index (κ2) is 8.40. The number of aromatic amines is 1. The third kappa shape index (κ3) is 4.27. The fraction of sp³-hybridized carbons (Fsp3) is 0.286. The summed E-state index contributed by atoms with van der Waals surface area (Å²) >= 11 is 0. The topological polar surface area (TPSA) is 90.1 Å². The third-order valence-corrected chi connectivity index (χ3v) is 5.09. The zero-order chi connectivity index (χ0) is 20.2. The van der Waals surface area contributed by atoms with E-state index in [1.54, 1.807) is 11.0 Å². The first-order valence-corrected chi connectivity index (χ1v) is 9.60. The van der Waals surface area contributed by atoms with Crippen molar-refractivity contribution in [2.24, 2.45) is 0 Å². The predicted molar refractivity (Wildman–Crippen MR) is 107 cm³/mol. The van der Waals surface area contributed by atoms with E-state index in [4.69, 9.17) is 0 Å². The number of halogens is 1. The highest BCUT2D eigenvalue weighted by atomic mass is 19.1. The van der Waals surface area contributed by atoms with Gasteiger partial charge in [0, 0.05) is 38.0 Å². The minimum Gasteiger partial charge on any atom is -0.350 e. The van der Waals surface area contributed by atoms with E-state index in [2.05, 4.69) is 20.8 Å². The first-order chi connectivity index (χ1) is 14.1. The number of rotatable bonds is 5. The second-order valence-corrected chi connectivity index (χ2v) is 7.03. The number of fused-ring (bicyclic) bond motifs is 1. The van der Waals surface area contributed by atoms with Crippen molar-refractivity contribution in [3.63, 3.8) is 0 Å². The molecule has 4 rings (SSSR count). The molecular formula is C21H22FN5O2. The van der Waals surface area contributed by atoms with Crippen LogP contribution in [0, 0.1) is 5.82 Å². The molecule has 0 spiro atoms. The first-order valence-electron chi connectivity index (χ1n) is 9.60. The van der Waals surface area contributed by atoms with Gasteiger partial charge < -0.3 is 15.5 Å². The number of amides is 2. The van der Waals surface area contributed by atoms with Crippen LogP contribution in [0.4, 0.5) is 4.39 Å². The molecule has 1 aliphatic heterocycles. The Balaban J connectivity index is 1.31. The molecule has 0 bridgehead atoms. The van der Waals surface area contributed by atoms with Crippen molar-refractivity contribution in [3.05, 3.63) is 65.6 Å². The SMILES string of the molecule is O=C(NCCC(=O)N1CCNC(c2cccc(F)c2)C1)c1n[nH]c2ccccc12. The summed E-state index contributed by atoms with van der Waals surface area (Å²) in [4.78, 5) is 26.7. The van der Waals surface area contributed by atoms with Gasteiger partial charge in [0.15, 0.2) is 5.69 Å². The lowest BCUT2D eigenvalue weighted by Gasteiger charge is -2.34. The van der Waals surface area contributed by atoms with Crippen LogP contribution in [-0.4, -0.2) is 53.1 Å². The molecule has 3 N–H and O–H groups in total. The van der Waals surface area contributed by atoms with Crippen LogP contribution in [0.15, 0.2) is 48.5 Å². The maximum absolute atomic E-state index is 13.5. The Labute approximate surface area is 167 Å². The average molecular weight is 395 g/mol. The quantitative estimate of drug-likeness (QED) is 0.616. The normalized spacial score (nSPS) is 16.7. The van der Waals surface area contributed by atoms with Gasteiger partial charge in [-0.25, -0.2) is 4.39 Å². The van der Waals surface area contributed by atoms with Crippen LogP contribution in [-0.2, 0) is 4.79 Å². The zero-order valence-corrected chi connectivity index (χ0v) is 15.8. The summed E-state index contributed by atoms with van der Waals surface area (Å²) in [6.07, 6.45) is 0.198. The molecule has 2 heterocycles. The Morgan fingerprint density at radius 2 is 2.07 bits per heavy atom. The van der Waals surface area contributed by atoms with Gasteiger partial charge in [0.2, 0.25) is 5.91 Å². The molecule has 1 atom stereocenters. The molecule has 3 aromatic rings. The van der Waals surface area contributed by atoms with Crippen LogP contribution < -0.4 is 10.6 Å². The van der Waals surface area contributed by atoms with Crippen LogP contribution >= 0.6 is 0 Å². The fourth-order valence-corrected chi connectivity index (χ4v) is 3.58. The maximum Gasteiger partial charge on any atom is 0.272 e. The summed E-state index contributed by atoms with van der Waals surface area (Å²) in [6, 6.07) is 13.7. The lowest BCUT2D eigenvalue weighted by molar-refractivity contribution is -0.132. The molecule has 1 aromatic heterocycles. The average Bonchev–Trinajstić information content (AvgIpc) is 3.18. The number of para-hydroxylation sites is 1. The number of hydrogen-bond acceptors (Lipinski definition) is 4. The van der Waals surface area contributed by atoms with Crippen molar-refractivity contribution < 1.29 is 14.0 Å². The van der Waals surface area contributed by atoms with E-state index in [1.807, 2.05) is 30.3 Å².